The van der Waals surface area contributed by atoms with E-state index in [0.717, 1.165) is 0 Å². The minimum atomic E-state index is -2.54. The van der Waals surface area contributed by atoms with Crippen molar-refractivity contribution in [3.8, 4) is 0 Å². The highest BCUT2D eigenvalue weighted by Crippen LogP contribution is 2.23. The Labute approximate surface area is 196 Å². The fourth-order valence-electron chi connectivity index (χ4n) is 3.10. The van der Waals surface area contributed by atoms with Crippen molar-refractivity contribution in [1.82, 2.24) is 15.3 Å². The molecule has 0 spiro atoms. The van der Waals surface area contributed by atoms with Gasteiger partial charge in [-0.1, -0.05) is 18.7 Å². The molecule has 0 amide bonds. The van der Waals surface area contributed by atoms with Crippen LogP contribution < -0.4 is 10.7 Å². The lowest BCUT2D eigenvalue weighted by molar-refractivity contribution is 0.0678. The first-order valence-electron chi connectivity index (χ1n) is 10.5. The molecule has 1 fully saturated rings. The van der Waals surface area contributed by atoms with E-state index >= 15 is 0 Å². The van der Waals surface area contributed by atoms with E-state index in [1.165, 1.54) is 19.2 Å². The third-order valence-electron chi connectivity index (χ3n) is 4.86. The summed E-state index contributed by atoms with van der Waals surface area (Å²) in [6.45, 7) is 7.05. The number of pyridine rings is 1. The maximum absolute atomic E-state index is 14.0. The summed E-state index contributed by atoms with van der Waals surface area (Å²) in [4.78, 5) is 14.3. The minimum Gasteiger partial charge on any atom is -0.378 e. The number of hydrazone groups is 1. The monoisotopic (exact) mass is 473 g/mol. The van der Waals surface area contributed by atoms with Gasteiger partial charge in [-0.25, -0.2) is 18.6 Å². The number of morpholine rings is 1. The van der Waals surface area contributed by atoms with E-state index < -0.39 is 12.3 Å². The quantitative estimate of drug-likeness (QED) is 0.372. The predicted molar refractivity (Wildman–Crippen MR) is 128 cm³/mol. The summed E-state index contributed by atoms with van der Waals surface area (Å²) in [6, 6.07) is 9.50. The van der Waals surface area contributed by atoms with E-state index in [0.29, 0.717) is 49.1 Å². The van der Waals surface area contributed by atoms with Gasteiger partial charge in [0.15, 0.2) is 11.7 Å². The van der Waals surface area contributed by atoms with Gasteiger partial charge in [-0.15, -0.1) is 0 Å². The number of rotatable bonds is 6. The number of aliphatic imine (C=N–C) groups is 2. The molecule has 0 saturated carbocycles. The van der Waals surface area contributed by atoms with Crippen molar-refractivity contribution < 1.29 is 17.9 Å². The van der Waals surface area contributed by atoms with Crippen LogP contribution in [0.3, 0.4) is 0 Å². The van der Waals surface area contributed by atoms with Crippen molar-refractivity contribution in [2.75, 3.05) is 38.7 Å². The molecule has 11 heteroatoms. The number of hydrogen-bond donors (Lipinski definition) is 2. The minimum absolute atomic E-state index is 0.0622. The molecule has 1 aromatic heterocycles. The van der Waals surface area contributed by atoms with Gasteiger partial charge in [0.1, 0.15) is 0 Å². The molecule has 0 radical (unpaired) electrons. The third-order valence-corrected chi connectivity index (χ3v) is 4.86. The first-order valence-corrected chi connectivity index (χ1v) is 10.5. The maximum atomic E-state index is 14.0. The highest BCUT2D eigenvalue weighted by Gasteiger charge is 2.18. The van der Waals surface area contributed by atoms with Gasteiger partial charge in [0.25, 0.3) is 6.43 Å². The lowest BCUT2D eigenvalue weighted by Gasteiger charge is -2.28. The zero-order chi connectivity index (χ0) is 24.5. The number of anilines is 2. The van der Waals surface area contributed by atoms with Crippen LogP contribution in [-0.4, -0.2) is 60.7 Å². The number of aromatic nitrogens is 1. The number of benzene rings is 1. The first kappa shape index (κ1) is 24.9. The Morgan fingerprint density at radius 2 is 1.94 bits per heavy atom. The molecule has 1 saturated heterocycles. The first-order chi connectivity index (χ1) is 16.4. The number of alkyl halides is 2. The second-order valence-electron chi connectivity index (χ2n) is 7.28. The summed E-state index contributed by atoms with van der Waals surface area (Å²) >= 11 is 0. The second-order valence-corrected chi connectivity index (χ2v) is 7.28. The number of halogens is 3. The number of hydrogen-bond acceptors (Lipinski definition) is 5. The van der Waals surface area contributed by atoms with Crippen molar-refractivity contribution in [2.24, 2.45) is 15.1 Å². The van der Waals surface area contributed by atoms with Crippen LogP contribution >= 0.6 is 0 Å². The lowest BCUT2D eigenvalue weighted by Crippen LogP contribution is -2.41. The molecule has 8 nitrogen and oxygen atoms in total. The summed E-state index contributed by atoms with van der Waals surface area (Å²) in [6.07, 6.45) is -0.970. The molecule has 1 aliphatic heterocycles. The number of nitrogens with one attached hydrogen (secondary N) is 2. The number of amidine groups is 1. The van der Waals surface area contributed by atoms with Gasteiger partial charge in [0.2, 0.25) is 5.96 Å². The number of guanidine groups is 1. The fourth-order valence-corrected chi connectivity index (χ4v) is 3.10. The van der Waals surface area contributed by atoms with Crippen molar-refractivity contribution in [1.29, 1.82) is 0 Å². The van der Waals surface area contributed by atoms with Gasteiger partial charge in [-0.05, 0) is 31.2 Å². The SMILES string of the molecule is C=C(F)/C(=N\C(=N/C)N/N=C(\C)c1ccc(Nc2cccc(C(F)F)c2)cn1)N1CCOCC1. The Hall–Kier alpha value is -3.73. The Kier molecular flexibility index (Phi) is 8.74. The van der Waals surface area contributed by atoms with Crippen molar-refractivity contribution in [3.63, 3.8) is 0 Å². The van der Waals surface area contributed by atoms with E-state index in [2.05, 4.69) is 37.4 Å². The highest BCUT2D eigenvalue weighted by atomic mass is 19.3. The van der Waals surface area contributed by atoms with Crippen LogP contribution in [0.2, 0.25) is 0 Å². The van der Waals surface area contributed by atoms with Gasteiger partial charge >= 0.3 is 0 Å². The van der Waals surface area contributed by atoms with Gasteiger partial charge < -0.3 is 15.0 Å². The average molecular weight is 474 g/mol. The molecule has 3 rings (SSSR count). The largest absolute Gasteiger partial charge is 0.378 e. The van der Waals surface area contributed by atoms with Crippen LogP contribution in [0, 0.1) is 0 Å². The number of ether oxygens (including phenoxy) is 1. The third kappa shape index (κ3) is 6.88. The molecule has 2 aromatic rings. The molecule has 2 heterocycles. The molecule has 0 atom stereocenters. The van der Waals surface area contributed by atoms with Gasteiger partial charge in [-0.3, -0.25) is 9.98 Å². The molecule has 1 aromatic carbocycles. The smallest absolute Gasteiger partial charge is 0.263 e. The lowest BCUT2D eigenvalue weighted by atomic mass is 10.2. The maximum Gasteiger partial charge on any atom is 0.263 e. The van der Waals surface area contributed by atoms with Crippen molar-refractivity contribution in [2.45, 2.75) is 13.3 Å². The van der Waals surface area contributed by atoms with Crippen LogP contribution in [-0.2, 0) is 4.74 Å². The van der Waals surface area contributed by atoms with E-state index in [9.17, 15) is 13.2 Å². The summed E-state index contributed by atoms with van der Waals surface area (Å²) in [5, 5.41) is 7.28. The van der Waals surface area contributed by atoms with Gasteiger partial charge in [-0.2, -0.15) is 10.1 Å². The van der Waals surface area contributed by atoms with Crippen LogP contribution in [0.15, 0.2) is 70.1 Å². The average Bonchev–Trinajstić information content (AvgIpc) is 2.85. The van der Waals surface area contributed by atoms with Crippen molar-refractivity contribution >= 4 is 28.9 Å². The Bertz CT molecular complexity index is 1080. The van der Waals surface area contributed by atoms with E-state index in [1.807, 2.05) is 0 Å². The summed E-state index contributed by atoms with van der Waals surface area (Å²) < 4.78 is 45.0. The van der Waals surface area contributed by atoms with E-state index in [-0.39, 0.29) is 17.4 Å². The molecule has 2 N–H and O–H groups in total. The molecular weight excluding hydrogens is 447 g/mol. The second kappa shape index (κ2) is 11.9. The number of nitrogens with zero attached hydrogens (tertiary/aromatic N) is 5. The summed E-state index contributed by atoms with van der Waals surface area (Å²) in [7, 11) is 1.51. The summed E-state index contributed by atoms with van der Waals surface area (Å²) in [5.74, 6) is -0.486. The molecule has 1 aliphatic rings. The Balaban J connectivity index is 1.67. The van der Waals surface area contributed by atoms with Crippen LogP contribution in [0.4, 0.5) is 24.5 Å². The zero-order valence-corrected chi connectivity index (χ0v) is 18.9. The topological polar surface area (TPSA) is 86.5 Å². The standard InChI is InChI=1S/C23H26F3N7O/c1-15(24)22(33-9-11-34-12-10-33)30-23(27-3)32-31-16(2)20-8-7-19(14-28-20)29-18-6-4-5-17(13-18)21(25)26/h4-8,13-14,21,29H,1,9-12H2,2-3H3,(H,27,32)/b30-22+,31-16+. The van der Waals surface area contributed by atoms with E-state index in [1.54, 1.807) is 42.3 Å². The summed E-state index contributed by atoms with van der Waals surface area (Å²) in [5.41, 5.74) is 4.93. The zero-order valence-electron chi connectivity index (χ0n) is 18.9. The Morgan fingerprint density at radius 3 is 2.56 bits per heavy atom. The normalized spacial score (nSPS) is 15.5. The molecule has 0 unspecified atom stereocenters. The molecular formula is C23H26F3N7O. The van der Waals surface area contributed by atoms with Gasteiger partial charge in [0.05, 0.1) is 36.5 Å². The van der Waals surface area contributed by atoms with Crippen LogP contribution in [0.1, 0.15) is 24.6 Å². The van der Waals surface area contributed by atoms with Crippen LogP contribution in [0.5, 0.6) is 0 Å². The Morgan fingerprint density at radius 1 is 1.18 bits per heavy atom. The van der Waals surface area contributed by atoms with Crippen molar-refractivity contribution in [3.05, 3.63) is 66.3 Å². The molecule has 34 heavy (non-hydrogen) atoms. The molecule has 0 bridgehead atoms. The van der Waals surface area contributed by atoms with Gasteiger partial charge in [0, 0.05) is 31.4 Å². The molecule has 180 valence electrons. The highest BCUT2D eigenvalue weighted by molar-refractivity contribution is 6.04. The van der Waals surface area contributed by atoms with Crippen LogP contribution in [0.25, 0.3) is 0 Å². The predicted octanol–water partition coefficient (Wildman–Crippen LogP) is 4.28. The fraction of sp³-hybridized carbons (Fsp3) is 0.304. The van der Waals surface area contributed by atoms with E-state index in [4.69, 9.17) is 4.74 Å². The molecule has 0 aliphatic carbocycles.